The maximum absolute atomic E-state index is 5.55. The molecule has 0 radical (unpaired) electrons. The lowest BCUT2D eigenvalue weighted by Gasteiger charge is -2.12. The molecule has 0 aliphatic heterocycles. The molecule has 1 unspecified atom stereocenters. The average Bonchev–Trinajstić information content (AvgIpc) is 2.74. The van der Waals surface area contributed by atoms with Crippen molar-refractivity contribution in [2.45, 2.75) is 33.0 Å². The third-order valence-electron chi connectivity index (χ3n) is 2.07. The van der Waals surface area contributed by atoms with Gasteiger partial charge in [0.2, 0.25) is 0 Å². The van der Waals surface area contributed by atoms with E-state index in [-0.39, 0.29) is 6.10 Å². The Hall–Kier alpha value is -0.980. The molecule has 0 aromatic carbocycles. The lowest BCUT2D eigenvalue weighted by Crippen LogP contribution is -2.19. The highest BCUT2D eigenvalue weighted by molar-refractivity contribution is 4.90. The van der Waals surface area contributed by atoms with Crippen molar-refractivity contribution in [3.05, 3.63) is 11.9 Å². The zero-order valence-corrected chi connectivity index (χ0v) is 9.93. The van der Waals surface area contributed by atoms with Crippen molar-refractivity contribution in [1.82, 2.24) is 15.0 Å². The molecule has 1 atom stereocenters. The maximum Gasteiger partial charge on any atom is 0.0962 e. The number of ether oxygens (including phenoxy) is 2. The van der Waals surface area contributed by atoms with Crippen molar-refractivity contribution in [2.24, 2.45) is 5.73 Å². The Labute approximate surface area is 95.7 Å². The van der Waals surface area contributed by atoms with Crippen LogP contribution in [0.2, 0.25) is 0 Å². The first-order chi connectivity index (χ1) is 7.76. The standard InChI is InChI=1S/C10H20N4O2/c1-3-15-8-9(2)16-5-4-14-7-10(6-11)12-13-14/h7,9H,3-6,8,11H2,1-2H3. The van der Waals surface area contributed by atoms with Gasteiger partial charge >= 0.3 is 0 Å². The highest BCUT2D eigenvalue weighted by Gasteiger charge is 2.02. The van der Waals surface area contributed by atoms with Gasteiger partial charge in [0, 0.05) is 19.3 Å². The zero-order chi connectivity index (χ0) is 11.8. The first-order valence-electron chi connectivity index (χ1n) is 5.54. The van der Waals surface area contributed by atoms with E-state index in [2.05, 4.69) is 10.3 Å². The van der Waals surface area contributed by atoms with E-state index in [0.717, 1.165) is 12.3 Å². The molecule has 0 saturated heterocycles. The smallest absolute Gasteiger partial charge is 0.0962 e. The second-order valence-electron chi connectivity index (χ2n) is 3.52. The van der Waals surface area contributed by atoms with Crippen LogP contribution in [0.4, 0.5) is 0 Å². The van der Waals surface area contributed by atoms with Crippen LogP contribution >= 0.6 is 0 Å². The van der Waals surface area contributed by atoms with Crippen molar-refractivity contribution in [2.75, 3.05) is 19.8 Å². The number of rotatable bonds is 8. The molecule has 0 aliphatic carbocycles. The van der Waals surface area contributed by atoms with Crippen LogP contribution in [0.5, 0.6) is 0 Å². The van der Waals surface area contributed by atoms with E-state index in [9.17, 15) is 0 Å². The quantitative estimate of drug-likeness (QED) is 0.687. The van der Waals surface area contributed by atoms with Crippen LogP contribution in [-0.2, 0) is 22.6 Å². The molecule has 0 saturated carbocycles. The Morgan fingerprint density at radius 3 is 3.00 bits per heavy atom. The molecule has 1 rings (SSSR count). The van der Waals surface area contributed by atoms with E-state index < -0.39 is 0 Å². The monoisotopic (exact) mass is 228 g/mol. The van der Waals surface area contributed by atoms with Crippen molar-refractivity contribution in [3.63, 3.8) is 0 Å². The molecule has 6 nitrogen and oxygen atoms in total. The Morgan fingerprint density at radius 1 is 1.56 bits per heavy atom. The average molecular weight is 228 g/mol. The van der Waals surface area contributed by atoms with Crippen molar-refractivity contribution in [1.29, 1.82) is 0 Å². The molecule has 0 bridgehead atoms. The Morgan fingerprint density at radius 2 is 2.38 bits per heavy atom. The minimum atomic E-state index is 0.109. The maximum atomic E-state index is 5.55. The van der Waals surface area contributed by atoms with Gasteiger partial charge in [-0.1, -0.05) is 5.21 Å². The van der Waals surface area contributed by atoms with Crippen LogP contribution < -0.4 is 5.73 Å². The largest absolute Gasteiger partial charge is 0.379 e. The molecular weight excluding hydrogens is 208 g/mol. The molecule has 2 N–H and O–H groups in total. The first-order valence-corrected chi connectivity index (χ1v) is 5.54. The second kappa shape index (κ2) is 7.32. The predicted octanol–water partition coefficient (Wildman–Crippen LogP) is 0.178. The van der Waals surface area contributed by atoms with Crippen molar-refractivity contribution in [3.8, 4) is 0 Å². The summed E-state index contributed by atoms with van der Waals surface area (Å²) in [6.07, 6.45) is 1.94. The topological polar surface area (TPSA) is 75.2 Å². The van der Waals surface area contributed by atoms with E-state index in [1.54, 1.807) is 4.68 Å². The number of aromatic nitrogens is 3. The van der Waals surface area contributed by atoms with E-state index in [0.29, 0.717) is 26.3 Å². The molecule has 16 heavy (non-hydrogen) atoms. The SMILES string of the molecule is CCOCC(C)OCCn1cc(CN)nn1. The molecule has 0 fully saturated rings. The molecule has 92 valence electrons. The summed E-state index contributed by atoms with van der Waals surface area (Å²) in [6.45, 7) is 7.00. The zero-order valence-electron chi connectivity index (χ0n) is 9.93. The molecular formula is C10H20N4O2. The van der Waals surface area contributed by atoms with Gasteiger partial charge in [-0.25, -0.2) is 4.68 Å². The highest BCUT2D eigenvalue weighted by atomic mass is 16.5. The van der Waals surface area contributed by atoms with Gasteiger partial charge in [0.25, 0.3) is 0 Å². The minimum Gasteiger partial charge on any atom is -0.379 e. The Balaban J connectivity index is 2.14. The van der Waals surface area contributed by atoms with Gasteiger partial charge in [0.05, 0.1) is 31.6 Å². The number of hydrogen-bond donors (Lipinski definition) is 1. The van der Waals surface area contributed by atoms with Gasteiger partial charge in [-0.05, 0) is 13.8 Å². The third-order valence-corrected chi connectivity index (χ3v) is 2.07. The highest BCUT2D eigenvalue weighted by Crippen LogP contribution is 1.95. The second-order valence-corrected chi connectivity index (χ2v) is 3.52. The summed E-state index contributed by atoms with van der Waals surface area (Å²) in [5, 5.41) is 7.81. The van der Waals surface area contributed by atoms with Crippen LogP contribution in [-0.4, -0.2) is 40.9 Å². The fourth-order valence-electron chi connectivity index (χ4n) is 1.22. The number of nitrogens with two attached hydrogens (primary N) is 1. The van der Waals surface area contributed by atoms with Crippen LogP contribution in [0.15, 0.2) is 6.20 Å². The minimum absolute atomic E-state index is 0.109. The third kappa shape index (κ3) is 4.69. The normalized spacial score (nSPS) is 12.9. The lowest BCUT2D eigenvalue weighted by atomic mass is 10.4. The predicted molar refractivity (Wildman–Crippen MR) is 59.8 cm³/mol. The summed E-state index contributed by atoms with van der Waals surface area (Å²) in [5.74, 6) is 0. The van der Waals surface area contributed by atoms with Crippen molar-refractivity contribution >= 4 is 0 Å². The number of hydrogen-bond acceptors (Lipinski definition) is 5. The Kier molecular flexibility index (Phi) is 5.99. The molecule has 1 aromatic heterocycles. The molecule has 0 aliphatic rings. The van der Waals surface area contributed by atoms with E-state index >= 15 is 0 Å². The Bertz CT molecular complexity index is 290. The summed E-state index contributed by atoms with van der Waals surface area (Å²) in [5.41, 5.74) is 6.23. The fraction of sp³-hybridized carbons (Fsp3) is 0.800. The summed E-state index contributed by atoms with van der Waals surface area (Å²) < 4.78 is 12.5. The van der Waals surface area contributed by atoms with E-state index in [1.807, 2.05) is 20.0 Å². The van der Waals surface area contributed by atoms with Crippen LogP contribution in [0.3, 0.4) is 0 Å². The van der Waals surface area contributed by atoms with Gasteiger partial charge in [0.15, 0.2) is 0 Å². The van der Waals surface area contributed by atoms with Crippen LogP contribution in [0, 0.1) is 0 Å². The molecule has 0 amide bonds. The first kappa shape index (κ1) is 13.1. The van der Waals surface area contributed by atoms with Gasteiger partial charge in [-0.3, -0.25) is 0 Å². The van der Waals surface area contributed by atoms with E-state index in [1.165, 1.54) is 0 Å². The van der Waals surface area contributed by atoms with Gasteiger partial charge in [-0.2, -0.15) is 0 Å². The molecule has 1 heterocycles. The van der Waals surface area contributed by atoms with Gasteiger partial charge < -0.3 is 15.2 Å². The fourth-order valence-corrected chi connectivity index (χ4v) is 1.22. The van der Waals surface area contributed by atoms with Crippen LogP contribution in [0.1, 0.15) is 19.5 Å². The summed E-state index contributed by atoms with van der Waals surface area (Å²) >= 11 is 0. The molecule has 6 heteroatoms. The van der Waals surface area contributed by atoms with Gasteiger partial charge in [-0.15, -0.1) is 5.10 Å². The number of nitrogens with zero attached hydrogens (tertiary/aromatic N) is 3. The summed E-state index contributed by atoms with van der Waals surface area (Å²) in [7, 11) is 0. The summed E-state index contributed by atoms with van der Waals surface area (Å²) in [4.78, 5) is 0. The van der Waals surface area contributed by atoms with Crippen molar-refractivity contribution < 1.29 is 9.47 Å². The van der Waals surface area contributed by atoms with E-state index in [4.69, 9.17) is 15.2 Å². The lowest BCUT2D eigenvalue weighted by molar-refractivity contribution is -0.00688. The summed E-state index contributed by atoms with van der Waals surface area (Å²) in [6, 6.07) is 0. The molecule has 1 aromatic rings. The van der Waals surface area contributed by atoms with Gasteiger partial charge in [0.1, 0.15) is 0 Å². The molecule has 0 spiro atoms. The van der Waals surface area contributed by atoms with Crippen LogP contribution in [0.25, 0.3) is 0 Å².